The highest BCUT2D eigenvalue weighted by atomic mass is 16.3. The Morgan fingerprint density at radius 2 is 0.844 bits per heavy atom. The summed E-state index contributed by atoms with van der Waals surface area (Å²) >= 11 is 0. The Hall–Kier alpha value is -8.67. The number of hydrogen-bond acceptors (Lipinski definition) is 4. The van der Waals surface area contributed by atoms with Gasteiger partial charge in [-0.2, -0.15) is 0 Å². The molecule has 0 aliphatic rings. The fourth-order valence-electron chi connectivity index (χ4n) is 9.53. The van der Waals surface area contributed by atoms with Crippen LogP contribution >= 0.6 is 0 Å². The molecule has 3 heterocycles. The minimum atomic E-state index is 0.590. The second kappa shape index (κ2) is 14.5. The standard InChI is InChI=1S/C59H36N4O/c1-3-14-37(15-4-1)38-26-28-40(29-27-38)58-60-57(39-16-5-2-6-17-39)61-59(62-58)45-30-31-52(63-51-24-12-11-22-46(51)48-32-41-18-7-9-20-43(41)35-53(48)63)49(34-45)47-23-13-25-54-56(47)50-33-42-19-8-10-21-44(42)36-55(50)64-54/h1-36H. The Labute approximate surface area is 368 Å². The minimum Gasteiger partial charge on any atom is -0.456 e. The number of nitrogens with zero attached hydrogens (tertiary/aromatic N) is 4. The van der Waals surface area contributed by atoms with Crippen LogP contribution in [0.1, 0.15) is 0 Å². The molecule has 5 heteroatoms. The first kappa shape index (κ1) is 36.0. The van der Waals surface area contributed by atoms with Crippen molar-refractivity contribution in [1.82, 2.24) is 19.5 Å². The number of aromatic nitrogens is 4. The van der Waals surface area contributed by atoms with E-state index in [-0.39, 0.29) is 0 Å². The number of hydrogen-bond donors (Lipinski definition) is 0. The summed E-state index contributed by atoms with van der Waals surface area (Å²) in [7, 11) is 0. The summed E-state index contributed by atoms with van der Waals surface area (Å²) < 4.78 is 9.11. The quantitative estimate of drug-likeness (QED) is 0.168. The van der Waals surface area contributed by atoms with Crippen LogP contribution in [0.25, 0.3) is 127 Å². The van der Waals surface area contributed by atoms with E-state index in [0.717, 1.165) is 83.0 Å². The Morgan fingerprint density at radius 1 is 0.312 bits per heavy atom. The molecule has 3 aromatic heterocycles. The van der Waals surface area contributed by atoms with E-state index >= 15 is 0 Å². The van der Waals surface area contributed by atoms with Crippen molar-refractivity contribution in [2.45, 2.75) is 0 Å². The monoisotopic (exact) mass is 816 g/mol. The third-order valence-corrected chi connectivity index (χ3v) is 12.6. The van der Waals surface area contributed by atoms with Crippen LogP contribution in [0.15, 0.2) is 223 Å². The smallest absolute Gasteiger partial charge is 0.164 e. The van der Waals surface area contributed by atoms with E-state index in [1.807, 2.05) is 24.3 Å². The summed E-state index contributed by atoms with van der Waals surface area (Å²) in [5, 5.41) is 9.25. The van der Waals surface area contributed by atoms with Crippen LogP contribution in [0.4, 0.5) is 0 Å². The van der Waals surface area contributed by atoms with Crippen molar-refractivity contribution in [2.75, 3.05) is 0 Å². The largest absolute Gasteiger partial charge is 0.456 e. The molecule has 0 radical (unpaired) electrons. The average Bonchev–Trinajstić information content (AvgIpc) is 3.89. The van der Waals surface area contributed by atoms with Crippen molar-refractivity contribution in [1.29, 1.82) is 0 Å². The van der Waals surface area contributed by atoms with Gasteiger partial charge in [0, 0.05) is 43.8 Å². The molecular formula is C59H36N4O. The van der Waals surface area contributed by atoms with Gasteiger partial charge in [-0.25, -0.2) is 15.0 Å². The molecular weight excluding hydrogens is 781 g/mol. The van der Waals surface area contributed by atoms with Gasteiger partial charge in [-0.05, 0) is 92.8 Å². The molecule has 0 saturated carbocycles. The summed E-state index contributed by atoms with van der Waals surface area (Å²) in [5.41, 5.74) is 12.1. The molecule has 13 aromatic rings. The second-order valence-corrected chi connectivity index (χ2v) is 16.4. The van der Waals surface area contributed by atoms with Gasteiger partial charge in [-0.3, -0.25) is 0 Å². The number of furan rings is 1. The molecule has 0 saturated heterocycles. The molecule has 0 amide bonds. The lowest BCUT2D eigenvalue weighted by atomic mass is 9.95. The highest BCUT2D eigenvalue weighted by Crippen LogP contribution is 2.44. The van der Waals surface area contributed by atoms with E-state index in [1.165, 1.54) is 26.9 Å². The van der Waals surface area contributed by atoms with E-state index in [4.69, 9.17) is 19.4 Å². The lowest BCUT2D eigenvalue weighted by Gasteiger charge is -2.17. The van der Waals surface area contributed by atoms with Crippen molar-refractivity contribution >= 4 is 65.3 Å². The van der Waals surface area contributed by atoms with Crippen LogP contribution in [0, 0.1) is 0 Å². The van der Waals surface area contributed by atoms with Crippen molar-refractivity contribution in [3.63, 3.8) is 0 Å². The van der Waals surface area contributed by atoms with E-state index in [2.05, 4.69) is 199 Å². The molecule has 0 aliphatic heterocycles. The van der Waals surface area contributed by atoms with E-state index in [1.54, 1.807) is 0 Å². The predicted octanol–water partition coefficient (Wildman–Crippen LogP) is 15.5. The van der Waals surface area contributed by atoms with Gasteiger partial charge in [-0.1, -0.05) is 164 Å². The second-order valence-electron chi connectivity index (χ2n) is 16.4. The Morgan fingerprint density at radius 3 is 1.56 bits per heavy atom. The molecule has 13 rings (SSSR count). The number of benzene rings is 10. The van der Waals surface area contributed by atoms with Crippen LogP contribution in [0.3, 0.4) is 0 Å². The molecule has 10 aromatic carbocycles. The zero-order valence-electron chi connectivity index (χ0n) is 34.5. The number of fused-ring (bicyclic) bond motifs is 8. The predicted molar refractivity (Wildman–Crippen MR) is 264 cm³/mol. The van der Waals surface area contributed by atoms with Crippen LogP contribution < -0.4 is 0 Å². The average molecular weight is 817 g/mol. The fourth-order valence-corrected chi connectivity index (χ4v) is 9.53. The number of para-hydroxylation sites is 1. The zero-order valence-corrected chi connectivity index (χ0v) is 34.5. The van der Waals surface area contributed by atoms with Crippen LogP contribution in [-0.2, 0) is 0 Å². The highest BCUT2D eigenvalue weighted by Gasteiger charge is 2.22. The molecule has 0 bridgehead atoms. The molecule has 0 atom stereocenters. The zero-order chi connectivity index (χ0) is 42.1. The topological polar surface area (TPSA) is 56.7 Å². The lowest BCUT2D eigenvalue weighted by molar-refractivity contribution is 0.669. The summed E-state index contributed by atoms with van der Waals surface area (Å²) in [6.45, 7) is 0. The third-order valence-electron chi connectivity index (χ3n) is 12.6. The molecule has 298 valence electrons. The Kier molecular flexibility index (Phi) is 8.15. The molecule has 0 unspecified atom stereocenters. The summed E-state index contributed by atoms with van der Waals surface area (Å²) in [6.07, 6.45) is 0. The molecule has 0 fully saturated rings. The van der Waals surface area contributed by atoms with Crippen molar-refractivity contribution in [3.8, 4) is 62.1 Å². The SMILES string of the molecule is c1ccc(-c2ccc(-c3nc(-c4ccccc4)nc(-c4ccc(-n5c6ccccc6c6cc7ccccc7cc65)c(-c5cccc6oc7cc8ccccc8cc7c56)c4)n3)cc2)cc1. The maximum atomic E-state index is 6.68. The molecule has 5 nitrogen and oxygen atoms in total. The van der Waals surface area contributed by atoms with Crippen molar-refractivity contribution in [3.05, 3.63) is 218 Å². The summed E-state index contributed by atoms with van der Waals surface area (Å²) in [4.78, 5) is 15.6. The van der Waals surface area contributed by atoms with E-state index < -0.39 is 0 Å². The van der Waals surface area contributed by atoms with Crippen LogP contribution in [0.2, 0.25) is 0 Å². The molecule has 64 heavy (non-hydrogen) atoms. The van der Waals surface area contributed by atoms with Gasteiger partial charge in [-0.15, -0.1) is 0 Å². The van der Waals surface area contributed by atoms with Crippen molar-refractivity contribution < 1.29 is 4.42 Å². The summed E-state index contributed by atoms with van der Waals surface area (Å²) in [6, 6.07) is 77.0. The third kappa shape index (κ3) is 5.90. The van der Waals surface area contributed by atoms with E-state index in [0.29, 0.717) is 17.5 Å². The van der Waals surface area contributed by atoms with Gasteiger partial charge < -0.3 is 8.98 Å². The summed E-state index contributed by atoms with van der Waals surface area (Å²) in [5.74, 6) is 1.81. The first-order valence-electron chi connectivity index (χ1n) is 21.6. The Bertz CT molecular complexity index is 3940. The van der Waals surface area contributed by atoms with Gasteiger partial charge in [0.15, 0.2) is 17.5 Å². The molecule has 0 N–H and O–H groups in total. The first-order valence-corrected chi connectivity index (χ1v) is 21.6. The van der Waals surface area contributed by atoms with Crippen molar-refractivity contribution in [2.24, 2.45) is 0 Å². The van der Waals surface area contributed by atoms with Gasteiger partial charge >= 0.3 is 0 Å². The Balaban J connectivity index is 1.08. The highest BCUT2D eigenvalue weighted by molar-refractivity contribution is 6.18. The maximum absolute atomic E-state index is 6.68. The molecule has 0 aliphatic carbocycles. The van der Waals surface area contributed by atoms with Gasteiger partial charge in [0.05, 0.1) is 16.7 Å². The van der Waals surface area contributed by atoms with E-state index in [9.17, 15) is 0 Å². The van der Waals surface area contributed by atoms with Gasteiger partial charge in [0.2, 0.25) is 0 Å². The first-order chi connectivity index (χ1) is 31.7. The van der Waals surface area contributed by atoms with Crippen LogP contribution in [-0.4, -0.2) is 19.5 Å². The lowest BCUT2D eigenvalue weighted by Crippen LogP contribution is -2.02. The number of rotatable bonds is 6. The normalized spacial score (nSPS) is 11.8. The van der Waals surface area contributed by atoms with Crippen LogP contribution in [0.5, 0.6) is 0 Å². The fraction of sp³-hybridized carbons (Fsp3) is 0. The van der Waals surface area contributed by atoms with Gasteiger partial charge in [0.1, 0.15) is 11.2 Å². The maximum Gasteiger partial charge on any atom is 0.164 e. The molecule has 0 spiro atoms. The van der Waals surface area contributed by atoms with Gasteiger partial charge in [0.25, 0.3) is 0 Å². The minimum absolute atomic E-state index is 0.590.